The van der Waals surface area contributed by atoms with Crippen LogP contribution in [0.3, 0.4) is 0 Å². The molecular weight excluding hydrogens is 305 g/mol. The van der Waals surface area contributed by atoms with Crippen LogP contribution >= 0.6 is 0 Å². The van der Waals surface area contributed by atoms with Gasteiger partial charge in [0.25, 0.3) is 0 Å². The summed E-state index contributed by atoms with van der Waals surface area (Å²) in [6.45, 7) is 0.360. The molecule has 4 nitrogen and oxygen atoms in total. The highest BCUT2D eigenvalue weighted by atomic mass is 19.1. The smallest absolute Gasteiger partial charge is 0.130 e. The van der Waals surface area contributed by atoms with Crippen molar-refractivity contribution in [2.75, 3.05) is 6.54 Å². The van der Waals surface area contributed by atoms with Gasteiger partial charge in [0.15, 0.2) is 0 Å². The molecule has 0 spiro atoms. The summed E-state index contributed by atoms with van der Waals surface area (Å²) in [5.74, 6) is 0.531. The van der Waals surface area contributed by atoms with Gasteiger partial charge in [-0.1, -0.05) is 42.5 Å². The minimum Gasteiger partial charge on any atom is -0.387 e. The van der Waals surface area contributed by atoms with Crippen LogP contribution in [0.25, 0.3) is 0 Å². The van der Waals surface area contributed by atoms with Gasteiger partial charge in [-0.15, -0.1) is 0 Å². The highest BCUT2D eigenvalue weighted by Crippen LogP contribution is 2.22. The van der Waals surface area contributed by atoms with Crippen molar-refractivity contribution in [1.82, 2.24) is 14.9 Å². The van der Waals surface area contributed by atoms with E-state index in [-0.39, 0.29) is 11.9 Å². The van der Waals surface area contributed by atoms with Crippen LogP contribution in [0.4, 0.5) is 4.39 Å². The number of imidazole rings is 1. The van der Waals surface area contributed by atoms with Crippen LogP contribution in [0.15, 0.2) is 67.0 Å². The molecule has 1 aromatic heterocycles. The van der Waals surface area contributed by atoms with Gasteiger partial charge in [0.2, 0.25) is 0 Å². The van der Waals surface area contributed by atoms with Gasteiger partial charge in [0.1, 0.15) is 11.6 Å². The molecule has 3 rings (SSSR count). The second-order valence-corrected chi connectivity index (χ2v) is 5.72. The molecule has 3 aromatic rings. The molecule has 0 bridgehead atoms. The summed E-state index contributed by atoms with van der Waals surface area (Å²) in [5.41, 5.74) is 1.74. The van der Waals surface area contributed by atoms with E-state index in [1.165, 1.54) is 12.1 Å². The van der Waals surface area contributed by atoms with E-state index in [1.807, 2.05) is 48.1 Å². The maximum Gasteiger partial charge on any atom is 0.130 e. The Balaban J connectivity index is 1.80. The molecule has 0 saturated carbocycles. The number of aliphatic hydroxyl groups is 1. The van der Waals surface area contributed by atoms with Gasteiger partial charge >= 0.3 is 0 Å². The van der Waals surface area contributed by atoms with Crippen LogP contribution in [0.2, 0.25) is 0 Å². The van der Waals surface area contributed by atoms with Crippen molar-refractivity contribution in [3.05, 3.63) is 89.8 Å². The Labute approximate surface area is 140 Å². The Morgan fingerprint density at radius 1 is 1.08 bits per heavy atom. The highest BCUT2D eigenvalue weighted by molar-refractivity contribution is 5.26. The molecule has 0 fully saturated rings. The number of rotatable bonds is 6. The van der Waals surface area contributed by atoms with Crippen LogP contribution in [0.5, 0.6) is 0 Å². The fraction of sp³-hybridized carbons (Fsp3) is 0.211. The third kappa shape index (κ3) is 3.69. The lowest BCUT2D eigenvalue weighted by molar-refractivity contribution is 0.171. The van der Waals surface area contributed by atoms with E-state index in [4.69, 9.17) is 0 Å². The Kier molecular flexibility index (Phi) is 5.03. The van der Waals surface area contributed by atoms with Crippen molar-refractivity contribution < 1.29 is 9.50 Å². The normalized spacial score (nSPS) is 13.6. The van der Waals surface area contributed by atoms with Gasteiger partial charge in [-0.05, 0) is 23.3 Å². The molecule has 0 aliphatic carbocycles. The van der Waals surface area contributed by atoms with Gasteiger partial charge < -0.3 is 15.0 Å². The van der Waals surface area contributed by atoms with E-state index in [2.05, 4.69) is 10.3 Å². The number of nitrogens with zero attached hydrogens (tertiary/aromatic N) is 2. The molecule has 2 N–H and O–H groups in total. The molecule has 2 atom stereocenters. The lowest BCUT2D eigenvalue weighted by Gasteiger charge is -2.21. The summed E-state index contributed by atoms with van der Waals surface area (Å²) >= 11 is 0. The summed E-state index contributed by atoms with van der Waals surface area (Å²) in [7, 11) is 1.91. The monoisotopic (exact) mass is 325 g/mol. The molecule has 0 unspecified atom stereocenters. The molecule has 5 heteroatoms. The molecule has 124 valence electrons. The number of aromatic nitrogens is 2. The average molecular weight is 325 g/mol. The van der Waals surface area contributed by atoms with Crippen molar-refractivity contribution in [3.63, 3.8) is 0 Å². The number of hydrogen-bond donors (Lipinski definition) is 2. The zero-order valence-corrected chi connectivity index (χ0v) is 13.4. The molecule has 0 saturated heterocycles. The first-order valence-electron chi connectivity index (χ1n) is 7.84. The number of nitrogens with one attached hydrogen (secondary N) is 1. The lowest BCUT2D eigenvalue weighted by Crippen LogP contribution is -2.29. The zero-order valence-electron chi connectivity index (χ0n) is 13.4. The first-order chi connectivity index (χ1) is 11.6. The van der Waals surface area contributed by atoms with E-state index < -0.39 is 6.10 Å². The standard InChI is InChI=1S/C19H20FN3O/c1-23-12-11-21-19(23)18(15-7-9-16(20)10-8-15)22-13-17(24)14-5-3-2-4-6-14/h2-12,17-18,22,24H,13H2,1H3/t17-,18-/m1/s1. The van der Waals surface area contributed by atoms with Crippen molar-refractivity contribution in [1.29, 1.82) is 0 Å². The number of benzene rings is 2. The number of aliphatic hydroxyl groups excluding tert-OH is 1. The SMILES string of the molecule is Cn1ccnc1[C@H](NC[C@@H](O)c1ccccc1)c1ccc(F)cc1. The fourth-order valence-electron chi connectivity index (χ4n) is 2.69. The highest BCUT2D eigenvalue weighted by Gasteiger charge is 2.19. The molecule has 2 aromatic carbocycles. The van der Waals surface area contributed by atoms with Gasteiger partial charge in [0, 0.05) is 26.0 Å². The molecule has 0 aliphatic heterocycles. The largest absolute Gasteiger partial charge is 0.387 e. The number of halogens is 1. The van der Waals surface area contributed by atoms with E-state index in [0.717, 1.165) is 17.0 Å². The van der Waals surface area contributed by atoms with Crippen molar-refractivity contribution in [2.45, 2.75) is 12.1 Å². The minimum atomic E-state index is -0.630. The van der Waals surface area contributed by atoms with Crippen molar-refractivity contribution in [3.8, 4) is 0 Å². The summed E-state index contributed by atoms with van der Waals surface area (Å²) < 4.78 is 15.1. The quantitative estimate of drug-likeness (QED) is 0.732. The van der Waals surface area contributed by atoms with Crippen molar-refractivity contribution in [2.24, 2.45) is 7.05 Å². The first-order valence-corrected chi connectivity index (χ1v) is 7.84. The van der Waals surface area contributed by atoms with E-state index in [0.29, 0.717) is 6.54 Å². The van der Waals surface area contributed by atoms with E-state index >= 15 is 0 Å². The third-order valence-electron chi connectivity index (χ3n) is 4.02. The lowest BCUT2D eigenvalue weighted by atomic mass is 10.0. The Hall–Kier alpha value is -2.50. The van der Waals surface area contributed by atoms with Gasteiger partial charge in [-0.2, -0.15) is 0 Å². The number of hydrogen-bond acceptors (Lipinski definition) is 3. The van der Waals surface area contributed by atoms with Crippen LogP contribution in [-0.4, -0.2) is 21.2 Å². The summed E-state index contributed by atoms with van der Waals surface area (Å²) in [5, 5.41) is 13.7. The molecule has 0 radical (unpaired) electrons. The molecule has 1 heterocycles. The van der Waals surface area contributed by atoms with Crippen LogP contribution in [0.1, 0.15) is 29.1 Å². The Bertz CT molecular complexity index is 771. The fourth-order valence-corrected chi connectivity index (χ4v) is 2.69. The topological polar surface area (TPSA) is 50.1 Å². The molecule has 0 amide bonds. The molecule has 0 aliphatic rings. The Morgan fingerprint density at radius 3 is 2.42 bits per heavy atom. The van der Waals surface area contributed by atoms with Gasteiger partial charge in [-0.3, -0.25) is 0 Å². The first kappa shape index (κ1) is 16.4. The van der Waals surface area contributed by atoms with Gasteiger partial charge in [0.05, 0.1) is 12.1 Å². The van der Waals surface area contributed by atoms with Crippen LogP contribution in [-0.2, 0) is 7.05 Å². The maximum absolute atomic E-state index is 13.2. The predicted molar refractivity (Wildman–Crippen MR) is 90.9 cm³/mol. The molecular formula is C19H20FN3O. The van der Waals surface area contributed by atoms with E-state index in [9.17, 15) is 9.50 Å². The number of aryl methyl sites for hydroxylation is 1. The average Bonchev–Trinajstić information content (AvgIpc) is 3.03. The second kappa shape index (κ2) is 7.38. The van der Waals surface area contributed by atoms with Gasteiger partial charge in [-0.25, -0.2) is 9.37 Å². The zero-order chi connectivity index (χ0) is 16.9. The Morgan fingerprint density at radius 2 is 1.79 bits per heavy atom. The summed E-state index contributed by atoms with van der Waals surface area (Å²) in [6, 6.07) is 15.6. The third-order valence-corrected chi connectivity index (χ3v) is 4.02. The predicted octanol–water partition coefficient (Wildman–Crippen LogP) is 2.97. The van der Waals surface area contributed by atoms with Crippen LogP contribution < -0.4 is 5.32 Å². The minimum absolute atomic E-state index is 0.232. The van der Waals surface area contributed by atoms with Crippen LogP contribution in [0, 0.1) is 5.82 Å². The summed E-state index contributed by atoms with van der Waals surface area (Å²) in [4.78, 5) is 4.39. The van der Waals surface area contributed by atoms with Crippen molar-refractivity contribution >= 4 is 0 Å². The molecule has 24 heavy (non-hydrogen) atoms. The second-order valence-electron chi connectivity index (χ2n) is 5.72. The maximum atomic E-state index is 13.2. The summed E-state index contributed by atoms with van der Waals surface area (Å²) in [6.07, 6.45) is 2.96. The van der Waals surface area contributed by atoms with E-state index in [1.54, 1.807) is 18.3 Å².